The molecule has 1 fully saturated rings. The van der Waals surface area contributed by atoms with E-state index in [1.54, 1.807) is 23.4 Å². The Kier molecular flexibility index (Phi) is 6.40. The normalized spacial score (nSPS) is 17.2. The lowest BCUT2D eigenvalue weighted by Crippen LogP contribution is -2.46. The first-order chi connectivity index (χ1) is 15.1. The van der Waals surface area contributed by atoms with Gasteiger partial charge in [-0.15, -0.1) is 0 Å². The van der Waals surface area contributed by atoms with Crippen molar-refractivity contribution in [2.24, 2.45) is 5.92 Å². The van der Waals surface area contributed by atoms with Crippen molar-refractivity contribution in [1.82, 2.24) is 25.4 Å². The summed E-state index contributed by atoms with van der Waals surface area (Å²) < 4.78 is 0. The highest BCUT2D eigenvalue weighted by Crippen LogP contribution is 2.21. The van der Waals surface area contributed by atoms with E-state index in [9.17, 15) is 9.59 Å². The van der Waals surface area contributed by atoms with E-state index in [4.69, 9.17) is 0 Å². The molecule has 1 aromatic carbocycles. The number of benzene rings is 1. The summed E-state index contributed by atoms with van der Waals surface area (Å²) in [5.74, 6) is -0.0586. The number of piperidine rings is 1. The number of H-pyrrole nitrogens is 1. The Hall–Kier alpha value is -3.48. The lowest BCUT2D eigenvalue weighted by molar-refractivity contribution is -0.126. The zero-order valence-corrected chi connectivity index (χ0v) is 17.6. The highest BCUT2D eigenvalue weighted by Gasteiger charge is 2.29. The minimum absolute atomic E-state index is 0.0161. The molecule has 3 heterocycles. The molecule has 4 rings (SSSR count). The van der Waals surface area contributed by atoms with Crippen molar-refractivity contribution in [3.05, 3.63) is 72.2 Å². The van der Waals surface area contributed by atoms with Crippen molar-refractivity contribution in [1.29, 1.82) is 0 Å². The number of hydrogen-bond donors (Lipinski definition) is 2. The van der Waals surface area contributed by atoms with Crippen LogP contribution < -0.4 is 5.32 Å². The number of pyridine rings is 1. The first-order valence-corrected chi connectivity index (χ1v) is 10.7. The second-order valence-corrected chi connectivity index (χ2v) is 8.05. The third-order valence-corrected chi connectivity index (χ3v) is 5.81. The Morgan fingerprint density at radius 1 is 1.19 bits per heavy atom. The van der Waals surface area contributed by atoms with E-state index in [0.717, 1.165) is 18.4 Å². The fourth-order valence-electron chi connectivity index (χ4n) is 3.95. The van der Waals surface area contributed by atoms with Gasteiger partial charge >= 0.3 is 0 Å². The number of likely N-dealkylation sites (tertiary alicyclic amines) is 1. The number of aromatic nitrogens is 3. The number of nitrogens with one attached hydrogen (secondary N) is 2. The Labute approximate surface area is 181 Å². The van der Waals surface area contributed by atoms with Crippen molar-refractivity contribution in [2.75, 3.05) is 19.6 Å². The number of hydrogen-bond acceptors (Lipinski definition) is 4. The van der Waals surface area contributed by atoms with Crippen LogP contribution in [0.4, 0.5) is 0 Å². The van der Waals surface area contributed by atoms with Gasteiger partial charge in [0.05, 0.1) is 11.6 Å². The van der Waals surface area contributed by atoms with E-state index in [1.807, 2.05) is 30.3 Å². The number of carbonyl (C=O) groups excluding carboxylic acids is 2. The number of aromatic amines is 1. The van der Waals surface area contributed by atoms with E-state index < -0.39 is 0 Å². The minimum Gasteiger partial charge on any atom is -0.355 e. The predicted octanol–water partition coefficient (Wildman–Crippen LogP) is 3.24. The second kappa shape index (κ2) is 9.55. The Morgan fingerprint density at radius 3 is 2.74 bits per heavy atom. The number of amides is 2. The van der Waals surface area contributed by atoms with Gasteiger partial charge in [0.1, 0.15) is 5.69 Å². The maximum Gasteiger partial charge on any atom is 0.271 e. The van der Waals surface area contributed by atoms with Crippen LogP contribution in [0.3, 0.4) is 0 Å². The van der Waals surface area contributed by atoms with Crippen molar-refractivity contribution >= 4 is 11.8 Å². The maximum absolute atomic E-state index is 13.0. The molecule has 160 valence electrons. The summed E-state index contributed by atoms with van der Waals surface area (Å²) in [5, 5.41) is 10.2. The molecule has 7 heteroatoms. The third-order valence-electron chi connectivity index (χ3n) is 5.81. The van der Waals surface area contributed by atoms with Crippen LogP contribution in [0.15, 0.2) is 60.9 Å². The second-order valence-electron chi connectivity index (χ2n) is 8.05. The molecular weight excluding hydrogens is 390 g/mol. The molecular formula is C24H27N5O2. The Balaban J connectivity index is 1.34. The molecule has 1 aliphatic heterocycles. The number of rotatable bonds is 6. The van der Waals surface area contributed by atoms with Gasteiger partial charge in [0.2, 0.25) is 5.91 Å². The molecule has 7 nitrogen and oxygen atoms in total. The van der Waals surface area contributed by atoms with Gasteiger partial charge in [-0.05, 0) is 42.5 Å². The molecule has 1 aliphatic rings. The van der Waals surface area contributed by atoms with Gasteiger partial charge in [0, 0.05) is 37.6 Å². The molecule has 2 N–H and O–H groups in total. The molecule has 0 bridgehead atoms. The van der Waals surface area contributed by atoms with Crippen molar-refractivity contribution < 1.29 is 9.59 Å². The van der Waals surface area contributed by atoms with E-state index >= 15 is 0 Å². The van der Waals surface area contributed by atoms with Gasteiger partial charge in [0.15, 0.2) is 0 Å². The van der Waals surface area contributed by atoms with E-state index in [2.05, 4.69) is 39.6 Å². The maximum atomic E-state index is 13.0. The van der Waals surface area contributed by atoms with Crippen LogP contribution in [-0.2, 0) is 4.79 Å². The zero-order valence-electron chi connectivity index (χ0n) is 17.6. The van der Waals surface area contributed by atoms with Crippen LogP contribution in [0.5, 0.6) is 0 Å². The molecule has 2 aromatic heterocycles. The van der Waals surface area contributed by atoms with Crippen molar-refractivity contribution in [2.45, 2.75) is 25.7 Å². The smallest absolute Gasteiger partial charge is 0.271 e. The topological polar surface area (TPSA) is 91.0 Å². The van der Waals surface area contributed by atoms with Crippen molar-refractivity contribution in [3.8, 4) is 11.3 Å². The summed E-state index contributed by atoms with van der Waals surface area (Å²) in [6.45, 7) is 3.76. The number of nitrogens with zero attached hydrogens (tertiary/aromatic N) is 3. The molecule has 0 unspecified atom stereocenters. The number of carbonyl (C=O) groups is 2. The van der Waals surface area contributed by atoms with Gasteiger partial charge in [0.25, 0.3) is 5.91 Å². The van der Waals surface area contributed by atoms with Gasteiger partial charge in [-0.3, -0.25) is 19.7 Å². The molecule has 2 atom stereocenters. The van der Waals surface area contributed by atoms with Crippen LogP contribution >= 0.6 is 0 Å². The van der Waals surface area contributed by atoms with Gasteiger partial charge in [-0.25, -0.2) is 0 Å². The summed E-state index contributed by atoms with van der Waals surface area (Å²) in [6.07, 6.45) is 4.99. The van der Waals surface area contributed by atoms with Gasteiger partial charge in [-0.2, -0.15) is 5.10 Å². The average Bonchev–Trinajstić information content (AvgIpc) is 3.33. The largest absolute Gasteiger partial charge is 0.355 e. The van der Waals surface area contributed by atoms with E-state index in [-0.39, 0.29) is 23.7 Å². The summed E-state index contributed by atoms with van der Waals surface area (Å²) in [5.41, 5.74) is 3.23. The van der Waals surface area contributed by atoms with E-state index in [1.165, 1.54) is 5.56 Å². The first-order valence-electron chi connectivity index (χ1n) is 10.7. The lowest BCUT2D eigenvalue weighted by Gasteiger charge is -2.32. The fraction of sp³-hybridized carbons (Fsp3) is 0.333. The molecule has 31 heavy (non-hydrogen) atoms. The van der Waals surface area contributed by atoms with Crippen LogP contribution in [0, 0.1) is 5.92 Å². The zero-order chi connectivity index (χ0) is 21.6. The van der Waals surface area contributed by atoms with Crippen molar-refractivity contribution in [3.63, 3.8) is 0 Å². The summed E-state index contributed by atoms with van der Waals surface area (Å²) in [6, 6.07) is 15.6. The monoisotopic (exact) mass is 417 g/mol. The predicted molar refractivity (Wildman–Crippen MR) is 118 cm³/mol. The Bertz CT molecular complexity index is 1020. The van der Waals surface area contributed by atoms with Gasteiger partial charge < -0.3 is 10.2 Å². The molecule has 0 aliphatic carbocycles. The standard InChI is InChI=1S/C24H27N5O2/c1-17(18-6-3-2-4-7-18)15-26-23(30)20-8-5-13-29(16-20)24(31)22-14-21(27-28-22)19-9-11-25-12-10-19/h2-4,6-7,9-12,14,17,20H,5,8,13,15-16H2,1H3,(H,26,30)(H,27,28)/t17-,20+/m1/s1. The molecule has 3 aromatic rings. The first kappa shape index (κ1) is 20.8. The van der Waals surface area contributed by atoms with Gasteiger partial charge in [-0.1, -0.05) is 37.3 Å². The molecule has 0 spiro atoms. The highest BCUT2D eigenvalue weighted by atomic mass is 16.2. The molecule has 0 radical (unpaired) electrons. The third kappa shape index (κ3) is 4.99. The minimum atomic E-state index is -0.191. The molecule has 2 amide bonds. The molecule has 1 saturated heterocycles. The SMILES string of the molecule is C[C@H](CNC(=O)[C@H]1CCCN(C(=O)c2cc(-c3ccncc3)n[nH]2)C1)c1ccccc1. The quantitative estimate of drug-likeness (QED) is 0.644. The van der Waals surface area contributed by atoms with Crippen LogP contribution in [0.25, 0.3) is 11.3 Å². The highest BCUT2D eigenvalue weighted by molar-refractivity contribution is 5.94. The molecule has 0 saturated carbocycles. The summed E-state index contributed by atoms with van der Waals surface area (Å²) in [4.78, 5) is 31.5. The average molecular weight is 418 g/mol. The Morgan fingerprint density at radius 2 is 1.97 bits per heavy atom. The van der Waals surface area contributed by atoms with Crippen LogP contribution in [-0.4, -0.2) is 51.5 Å². The van der Waals surface area contributed by atoms with Crippen LogP contribution in [0.2, 0.25) is 0 Å². The summed E-state index contributed by atoms with van der Waals surface area (Å²) in [7, 11) is 0. The van der Waals surface area contributed by atoms with Crippen LogP contribution in [0.1, 0.15) is 41.7 Å². The lowest BCUT2D eigenvalue weighted by atomic mass is 9.96. The van der Waals surface area contributed by atoms with E-state index in [0.29, 0.717) is 31.0 Å². The fourth-order valence-corrected chi connectivity index (χ4v) is 3.95. The summed E-state index contributed by atoms with van der Waals surface area (Å²) >= 11 is 0.